The Kier molecular flexibility index (Phi) is 5.22. The van der Waals surface area contributed by atoms with Crippen LogP contribution in [0.3, 0.4) is 0 Å². The van der Waals surface area contributed by atoms with Gasteiger partial charge in [0.2, 0.25) is 16.0 Å². The first-order valence-corrected chi connectivity index (χ1v) is 8.77. The third-order valence-electron chi connectivity index (χ3n) is 3.70. The average molecular weight is 338 g/mol. The molecular formula is C14H22N6O2S. The number of rotatable bonds is 3. The molecule has 0 atom stereocenters. The zero-order chi connectivity index (χ0) is 17.0. The second-order valence-corrected chi connectivity index (χ2v) is 7.53. The largest absolute Gasteiger partial charge is 0.370 e. The highest BCUT2D eigenvalue weighted by molar-refractivity contribution is 7.89. The Balaban J connectivity index is 2.17. The third kappa shape index (κ3) is 4.42. The van der Waals surface area contributed by atoms with Gasteiger partial charge in [-0.3, -0.25) is 0 Å². The minimum atomic E-state index is -3.46. The van der Waals surface area contributed by atoms with Crippen molar-refractivity contribution in [2.24, 2.45) is 33.1 Å². The fourth-order valence-corrected chi connectivity index (χ4v) is 3.83. The lowest BCUT2D eigenvalue weighted by molar-refractivity contribution is 0.288. The molecule has 1 aromatic carbocycles. The molecule has 0 unspecified atom stereocenters. The van der Waals surface area contributed by atoms with E-state index in [9.17, 15) is 8.42 Å². The second kappa shape index (κ2) is 6.97. The molecule has 8 nitrogen and oxygen atoms in total. The summed E-state index contributed by atoms with van der Waals surface area (Å²) in [6.45, 7) is 3.25. The van der Waals surface area contributed by atoms with Crippen LogP contribution in [0.15, 0.2) is 39.1 Å². The van der Waals surface area contributed by atoms with Crippen LogP contribution in [0.1, 0.15) is 19.8 Å². The maximum Gasteiger partial charge on any atom is 0.243 e. The van der Waals surface area contributed by atoms with Gasteiger partial charge >= 0.3 is 0 Å². The molecule has 0 aliphatic carbocycles. The van der Waals surface area contributed by atoms with Crippen LogP contribution in [0.25, 0.3) is 0 Å². The van der Waals surface area contributed by atoms with Crippen LogP contribution in [0.5, 0.6) is 0 Å². The lowest BCUT2D eigenvalue weighted by atomic mass is 10.0. The summed E-state index contributed by atoms with van der Waals surface area (Å²) >= 11 is 0. The molecule has 0 radical (unpaired) electrons. The second-order valence-electron chi connectivity index (χ2n) is 5.59. The van der Waals surface area contributed by atoms with Crippen LogP contribution in [0.2, 0.25) is 0 Å². The van der Waals surface area contributed by atoms with E-state index in [0.29, 0.717) is 24.7 Å². The third-order valence-corrected chi connectivity index (χ3v) is 5.62. The number of hydrogen-bond acceptors (Lipinski definition) is 3. The SMILES string of the molecule is CC1CCN(S(=O)(=O)c2ccc(N=C(N)N=C(N)N)cc2)CC1. The van der Waals surface area contributed by atoms with E-state index < -0.39 is 10.0 Å². The number of benzene rings is 1. The molecule has 0 saturated carbocycles. The van der Waals surface area contributed by atoms with E-state index in [1.54, 1.807) is 12.1 Å². The molecule has 0 amide bonds. The maximum atomic E-state index is 12.6. The Morgan fingerprint density at radius 3 is 2.22 bits per heavy atom. The van der Waals surface area contributed by atoms with Crippen molar-refractivity contribution in [3.63, 3.8) is 0 Å². The van der Waals surface area contributed by atoms with Crippen molar-refractivity contribution in [1.29, 1.82) is 0 Å². The monoisotopic (exact) mass is 338 g/mol. The molecule has 6 N–H and O–H groups in total. The van der Waals surface area contributed by atoms with E-state index in [2.05, 4.69) is 16.9 Å². The molecule has 23 heavy (non-hydrogen) atoms. The molecule has 1 aliphatic rings. The van der Waals surface area contributed by atoms with Gasteiger partial charge in [-0.25, -0.2) is 13.4 Å². The van der Waals surface area contributed by atoms with Crippen LogP contribution in [0, 0.1) is 5.92 Å². The van der Waals surface area contributed by atoms with E-state index >= 15 is 0 Å². The fraction of sp³-hybridized carbons (Fsp3) is 0.429. The molecule has 9 heteroatoms. The van der Waals surface area contributed by atoms with E-state index in [4.69, 9.17) is 17.2 Å². The zero-order valence-electron chi connectivity index (χ0n) is 13.0. The number of nitrogens with zero attached hydrogens (tertiary/aromatic N) is 3. The van der Waals surface area contributed by atoms with Gasteiger partial charge in [0, 0.05) is 13.1 Å². The topological polar surface area (TPSA) is 140 Å². The molecule has 1 fully saturated rings. The van der Waals surface area contributed by atoms with Crippen LogP contribution in [-0.2, 0) is 10.0 Å². The van der Waals surface area contributed by atoms with Gasteiger partial charge in [-0.1, -0.05) is 6.92 Å². The first kappa shape index (κ1) is 17.2. The van der Waals surface area contributed by atoms with E-state index in [1.165, 1.54) is 16.4 Å². The molecule has 1 heterocycles. The number of guanidine groups is 2. The van der Waals surface area contributed by atoms with Crippen molar-refractivity contribution < 1.29 is 8.42 Å². The molecule has 1 aromatic rings. The normalized spacial score (nSPS) is 17.9. The number of sulfonamides is 1. The molecule has 0 bridgehead atoms. The minimum absolute atomic E-state index is 0.0920. The van der Waals surface area contributed by atoms with Gasteiger partial charge in [-0.2, -0.15) is 9.30 Å². The van der Waals surface area contributed by atoms with Crippen molar-refractivity contribution in [3.05, 3.63) is 24.3 Å². The van der Waals surface area contributed by atoms with E-state index in [1.807, 2.05) is 0 Å². The number of nitrogens with two attached hydrogens (primary N) is 3. The van der Waals surface area contributed by atoms with Crippen LogP contribution < -0.4 is 17.2 Å². The Hall–Kier alpha value is -2.13. The maximum absolute atomic E-state index is 12.6. The highest BCUT2D eigenvalue weighted by Crippen LogP contribution is 2.24. The number of piperidine rings is 1. The summed E-state index contributed by atoms with van der Waals surface area (Å²) in [7, 11) is -3.46. The first-order valence-electron chi connectivity index (χ1n) is 7.33. The van der Waals surface area contributed by atoms with Gasteiger partial charge < -0.3 is 17.2 Å². The summed E-state index contributed by atoms with van der Waals surface area (Å²) in [5.41, 5.74) is 16.4. The Morgan fingerprint density at radius 1 is 1.13 bits per heavy atom. The predicted octanol–water partition coefficient (Wildman–Crippen LogP) is 0.327. The van der Waals surface area contributed by atoms with Gasteiger partial charge in [0.1, 0.15) is 0 Å². The minimum Gasteiger partial charge on any atom is -0.370 e. The van der Waals surface area contributed by atoms with Gasteiger partial charge in [-0.15, -0.1) is 0 Å². The summed E-state index contributed by atoms with van der Waals surface area (Å²) in [4.78, 5) is 7.82. The molecule has 1 saturated heterocycles. The van der Waals surface area contributed by atoms with E-state index in [0.717, 1.165) is 12.8 Å². The van der Waals surface area contributed by atoms with Crippen LogP contribution in [-0.4, -0.2) is 37.7 Å². The van der Waals surface area contributed by atoms with Crippen molar-refractivity contribution in [2.45, 2.75) is 24.7 Å². The van der Waals surface area contributed by atoms with Crippen LogP contribution >= 0.6 is 0 Å². The molecule has 0 spiro atoms. The summed E-state index contributed by atoms with van der Waals surface area (Å²) in [5.74, 6) is 0.284. The lowest BCUT2D eigenvalue weighted by Gasteiger charge is -2.29. The molecule has 2 rings (SSSR count). The number of aliphatic imine (C=N–C) groups is 2. The van der Waals surface area contributed by atoms with Gasteiger partial charge in [0.25, 0.3) is 0 Å². The smallest absolute Gasteiger partial charge is 0.243 e. The van der Waals surface area contributed by atoms with Gasteiger partial charge in [0.05, 0.1) is 10.6 Å². The van der Waals surface area contributed by atoms with E-state index in [-0.39, 0.29) is 16.8 Å². The highest BCUT2D eigenvalue weighted by Gasteiger charge is 2.27. The summed E-state index contributed by atoms with van der Waals surface area (Å²) in [6.07, 6.45) is 1.77. The number of hydrogen-bond donors (Lipinski definition) is 3. The van der Waals surface area contributed by atoms with Crippen molar-refractivity contribution in [2.75, 3.05) is 13.1 Å². The highest BCUT2D eigenvalue weighted by atomic mass is 32.2. The zero-order valence-corrected chi connectivity index (χ0v) is 13.8. The molecule has 126 valence electrons. The Morgan fingerprint density at radius 2 is 1.70 bits per heavy atom. The first-order chi connectivity index (χ1) is 10.8. The standard InChI is InChI=1S/C14H22N6O2S/c1-10-6-8-20(9-7-10)23(21,22)12-4-2-11(3-5-12)18-14(17)19-13(15)16/h2-5,10H,6-9H2,1H3,(H6,15,16,17,18,19). The average Bonchev–Trinajstić information content (AvgIpc) is 2.47. The summed E-state index contributed by atoms with van der Waals surface area (Å²) < 4.78 is 26.7. The molecular weight excluding hydrogens is 316 g/mol. The summed E-state index contributed by atoms with van der Waals surface area (Å²) in [6, 6.07) is 6.15. The molecule has 0 aromatic heterocycles. The molecule has 1 aliphatic heterocycles. The lowest BCUT2D eigenvalue weighted by Crippen LogP contribution is -2.37. The summed E-state index contributed by atoms with van der Waals surface area (Å²) in [5, 5.41) is 0. The quantitative estimate of drug-likeness (QED) is 0.538. The van der Waals surface area contributed by atoms with Crippen molar-refractivity contribution >= 4 is 27.6 Å². The Bertz CT molecular complexity index is 699. The van der Waals surface area contributed by atoms with Crippen molar-refractivity contribution in [1.82, 2.24) is 4.31 Å². The predicted molar refractivity (Wildman–Crippen MR) is 90.7 cm³/mol. The fourth-order valence-electron chi connectivity index (χ4n) is 2.36. The van der Waals surface area contributed by atoms with Gasteiger partial charge in [-0.05, 0) is 43.0 Å². The van der Waals surface area contributed by atoms with Gasteiger partial charge in [0.15, 0.2) is 5.96 Å². The van der Waals surface area contributed by atoms with Crippen LogP contribution in [0.4, 0.5) is 5.69 Å². The van der Waals surface area contributed by atoms with Crippen molar-refractivity contribution in [3.8, 4) is 0 Å². The Labute approximate surface area is 136 Å².